The largest absolute Gasteiger partial charge is 0.409 e. The number of benzene rings is 1. The topological polar surface area (TPSA) is 35.4 Å². The van der Waals surface area contributed by atoms with Crippen LogP contribution in [0.25, 0.3) is 11.5 Å². The molecule has 0 unspecified atom stereocenters. The summed E-state index contributed by atoms with van der Waals surface area (Å²) < 4.78 is 7.11. The Morgan fingerprint density at radius 3 is 2.76 bits per heavy atom. The number of nitrogens with one attached hydrogen (secondary N) is 1. The lowest BCUT2D eigenvalue weighted by atomic mass is 10.2. The summed E-state index contributed by atoms with van der Waals surface area (Å²) in [6, 6.07) is 7.40. The van der Waals surface area contributed by atoms with Crippen LogP contribution in [0.15, 0.2) is 28.7 Å². The molecule has 0 atom stereocenters. The van der Waals surface area contributed by atoms with E-state index in [1.807, 2.05) is 32.3 Å². The van der Waals surface area contributed by atoms with E-state index in [4.69, 9.17) is 28.2 Å². The Kier molecular flexibility index (Phi) is 3.61. The average Bonchev–Trinajstić information content (AvgIpc) is 2.60. The van der Waals surface area contributed by atoms with E-state index in [0.29, 0.717) is 22.4 Å². The van der Waals surface area contributed by atoms with Crippen LogP contribution in [0, 0.1) is 4.84 Å². The zero-order valence-electron chi connectivity index (χ0n) is 9.61. The van der Waals surface area contributed by atoms with E-state index in [2.05, 4.69) is 5.10 Å². The summed E-state index contributed by atoms with van der Waals surface area (Å²) in [5.41, 5.74) is 0.757. The zero-order valence-corrected chi connectivity index (χ0v) is 11.2. The van der Waals surface area contributed by atoms with Crippen molar-refractivity contribution in [2.24, 2.45) is 0 Å². The van der Waals surface area contributed by atoms with E-state index in [1.54, 1.807) is 10.7 Å². The molecule has 1 aromatic heterocycles. The number of rotatable bonds is 3. The summed E-state index contributed by atoms with van der Waals surface area (Å²) in [6.45, 7) is 0.660. The highest BCUT2D eigenvalue weighted by molar-refractivity contribution is 7.71. The monoisotopic (exact) mass is 270 g/mol. The fourth-order valence-corrected chi connectivity index (χ4v) is 1.85. The molecule has 4 nitrogen and oxygen atoms in total. The van der Waals surface area contributed by atoms with Crippen molar-refractivity contribution in [3.63, 3.8) is 0 Å². The van der Waals surface area contributed by atoms with Crippen molar-refractivity contribution in [1.29, 1.82) is 0 Å². The standard InChI is InChI=1S/C11H12ClN3OS/c1-14(2)7-15-11(17)16-10(13-15)8-5-3-4-6-9(8)12/h3-6H,7H2,1-2H3/p+1. The molecule has 0 aliphatic rings. The second-order valence-corrected chi connectivity index (χ2v) is 4.77. The lowest BCUT2D eigenvalue weighted by molar-refractivity contribution is -0.883. The van der Waals surface area contributed by atoms with Crippen LogP contribution in [-0.2, 0) is 6.67 Å². The number of nitrogens with zero attached hydrogens (tertiary/aromatic N) is 2. The van der Waals surface area contributed by atoms with Gasteiger partial charge in [-0.25, -0.2) is 0 Å². The molecule has 0 fully saturated rings. The first kappa shape index (κ1) is 12.3. The van der Waals surface area contributed by atoms with E-state index >= 15 is 0 Å². The molecule has 2 rings (SSSR count). The molecule has 0 saturated heterocycles. The van der Waals surface area contributed by atoms with Gasteiger partial charge < -0.3 is 9.32 Å². The molecule has 6 heteroatoms. The molecule has 0 spiro atoms. The molecule has 1 aromatic carbocycles. The molecule has 2 aromatic rings. The van der Waals surface area contributed by atoms with E-state index in [0.717, 1.165) is 5.56 Å². The van der Waals surface area contributed by atoms with Crippen LogP contribution in [0.4, 0.5) is 0 Å². The summed E-state index contributed by atoms with van der Waals surface area (Å²) in [4.78, 5) is 1.57. The van der Waals surface area contributed by atoms with Crippen molar-refractivity contribution in [3.05, 3.63) is 34.1 Å². The van der Waals surface area contributed by atoms with Gasteiger partial charge in [-0.2, -0.15) is 4.68 Å². The Morgan fingerprint density at radius 2 is 2.12 bits per heavy atom. The summed E-state index contributed by atoms with van der Waals surface area (Å²) in [5.74, 6) is 0.460. The van der Waals surface area contributed by atoms with Crippen LogP contribution in [0.2, 0.25) is 5.02 Å². The van der Waals surface area contributed by atoms with Crippen LogP contribution < -0.4 is 4.90 Å². The van der Waals surface area contributed by atoms with Crippen molar-refractivity contribution in [1.82, 2.24) is 9.78 Å². The highest BCUT2D eigenvalue weighted by Crippen LogP contribution is 2.25. The first-order chi connectivity index (χ1) is 8.08. The average molecular weight is 271 g/mol. The van der Waals surface area contributed by atoms with Gasteiger partial charge in [-0.15, -0.1) is 5.10 Å². The van der Waals surface area contributed by atoms with E-state index < -0.39 is 0 Å². The summed E-state index contributed by atoms with van der Waals surface area (Å²) in [6.07, 6.45) is 0. The van der Waals surface area contributed by atoms with Crippen LogP contribution in [0.5, 0.6) is 0 Å². The van der Waals surface area contributed by atoms with Gasteiger partial charge in [0.1, 0.15) is 0 Å². The Bertz CT molecular complexity index is 576. The normalized spacial score (nSPS) is 11.1. The lowest BCUT2D eigenvalue weighted by Gasteiger charge is -2.04. The molecule has 0 aliphatic carbocycles. The Balaban J connectivity index is 2.42. The summed E-state index contributed by atoms with van der Waals surface area (Å²) >= 11 is 11.2. The van der Waals surface area contributed by atoms with Crippen molar-refractivity contribution in [2.75, 3.05) is 14.1 Å². The number of hydrogen-bond donors (Lipinski definition) is 1. The van der Waals surface area contributed by atoms with E-state index in [1.165, 1.54) is 4.90 Å². The minimum atomic E-state index is 0.362. The third kappa shape index (κ3) is 2.74. The molecule has 90 valence electrons. The second kappa shape index (κ2) is 5.00. The summed E-state index contributed by atoms with van der Waals surface area (Å²) in [7, 11) is 4.04. The number of quaternary nitrogens is 1. The molecule has 0 aliphatic heterocycles. The van der Waals surface area contributed by atoms with Crippen molar-refractivity contribution in [3.8, 4) is 11.5 Å². The fraction of sp³-hybridized carbons (Fsp3) is 0.273. The van der Waals surface area contributed by atoms with Gasteiger partial charge >= 0.3 is 0 Å². The second-order valence-electron chi connectivity index (χ2n) is 4.02. The predicted molar refractivity (Wildman–Crippen MR) is 68.6 cm³/mol. The van der Waals surface area contributed by atoms with Gasteiger partial charge in [0.2, 0.25) is 5.89 Å². The summed E-state index contributed by atoms with van der Waals surface area (Å²) in [5, 5.41) is 4.93. The number of halogens is 1. The smallest absolute Gasteiger partial charge is 0.292 e. The maximum atomic E-state index is 6.08. The highest BCUT2D eigenvalue weighted by atomic mass is 35.5. The molecule has 0 radical (unpaired) electrons. The fourth-order valence-electron chi connectivity index (χ4n) is 1.45. The molecule has 1 heterocycles. The third-order valence-electron chi connectivity index (χ3n) is 2.18. The SMILES string of the molecule is C[NH+](C)Cn1nc(-c2ccccc2Cl)oc1=S. The molecule has 0 saturated carbocycles. The van der Waals surface area contributed by atoms with Gasteiger partial charge in [0.25, 0.3) is 4.84 Å². The Morgan fingerprint density at radius 1 is 1.41 bits per heavy atom. The van der Waals surface area contributed by atoms with Crippen LogP contribution in [-0.4, -0.2) is 23.9 Å². The first-order valence-corrected chi connectivity index (χ1v) is 5.98. The van der Waals surface area contributed by atoms with Crippen LogP contribution in [0.3, 0.4) is 0 Å². The Labute approximate surface area is 109 Å². The van der Waals surface area contributed by atoms with Crippen LogP contribution in [0.1, 0.15) is 0 Å². The highest BCUT2D eigenvalue weighted by Gasteiger charge is 2.12. The third-order valence-corrected chi connectivity index (χ3v) is 2.80. The van der Waals surface area contributed by atoms with Gasteiger partial charge in [-0.3, -0.25) is 0 Å². The number of hydrogen-bond acceptors (Lipinski definition) is 3. The minimum absolute atomic E-state index is 0.362. The van der Waals surface area contributed by atoms with E-state index in [9.17, 15) is 0 Å². The Hall–Kier alpha value is -1.17. The molecule has 0 bridgehead atoms. The molecule has 17 heavy (non-hydrogen) atoms. The van der Waals surface area contributed by atoms with Gasteiger partial charge in [0.15, 0.2) is 6.67 Å². The van der Waals surface area contributed by atoms with E-state index in [-0.39, 0.29) is 0 Å². The zero-order chi connectivity index (χ0) is 12.4. The quantitative estimate of drug-likeness (QED) is 0.861. The minimum Gasteiger partial charge on any atom is -0.409 e. The molecular weight excluding hydrogens is 258 g/mol. The molecular formula is C11H13ClN3OS+. The van der Waals surface area contributed by atoms with Gasteiger partial charge in [-0.05, 0) is 24.4 Å². The number of aromatic nitrogens is 2. The van der Waals surface area contributed by atoms with Gasteiger partial charge in [0, 0.05) is 0 Å². The maximum absolute atomic E-state index is 6.08. The lowest BCUT2D eigenvalue weighted by Crippen LogP contribution is -3.05. The first-order valence-electron chi connectivity index (χ1n) is 5.20. The predicted octanol–water partition coefficient (Wildman–Crippen LogP) is 1.63. The van der Waals surface area contributed by atoms with Crippen LogP contribution >= 0.6 is 23.8 Å². The van der Waals surface area contributed by atoms with Crippen molar-refractivity contribution in [2.45, 2.75) is 6.67 Å². The van der Waals surface area contributed by atoms with Gasteiger partial charge in [0.05, 0.1) is 24.7 Å². The molecule has 1 N–H and O–H groups in total. The van der Waals surface area contributed by atoms with Crippen molar-refractivity contribution < 1.29 is 9.32 Å². The van der Waals surface area contributed by atoms with Crippen molar-refractivity contribution >= 4 is 23.8 Å². The van der Waals surface area contributed by atoms with Gasteiger partial charge in [-0.1, -0.05) is 23.7 Å². The maximum Gasteiger partial charge on any atom is 0.292 e. The molecule has 0 amide bonds.